The number of amides is 1. The maximum absolute atomic E-state index is 12.6. The minimum Gasteiger partial charge on any atom is -0.334 e. The second kappa shape index (κ2) is 6.29. The molecule has 0 aromatic carbocycles. The molecule has 1 fully saturated rings. The Hall–Kier alpha value is -2.18. The van der Waals surface area contributed by atoms with Gasteiger partial charge in [-0.15, -0.1) is 10.2 Å². The molecule has 2 aromatic heterocycles. The average Bonchev–Trinajstić information content (AvgIpc) is 3.25. The summed E-state index contributed by atoms with van der Waals surface area (Å²) in [5.74, 6) is 1.02. The van der Waals surface area contributed by atoms with E-state index in [-0.39, 0.29) is 11.9 Å². The van der Waals surface area contributed by atoms with Crippen LogP contribution in [0.15, 0.2) is 18.6 Å². The summed E-state index contributed by atoms with van der Waals surface area (Å²) < 4.78 is 3.72. The molecule has 0 aliphatic carbocycles. The van der Waals surface area contributed by atoms with Gasteiger partial charge in [-0.1, -0.05) is 0 Å². The smallest absolute Gasteiger partial charge is 0.274 e. The molecule has 118 valence electrons. The molecule has 0 saturated carbocycles. The Kier molecular flexibility index (Phi) is 4.22. The highest BCUT2D eigenvalue weighted by atomic mass is 16.2. The third kappa shape index (κ3) is 2.88. The van der Waals surface area contributed by atoms with Crippen LogP contribution in [0, 0.1) is 0 Å². The van der Waals surface area contributed by atoms with Crippen LogP contribution < -0.4 is 0 Å². The molecule has 1 aliphatic rings. The molecule has 7 heteroatoms. The Morgan fingerprint density at radius 1 is 1.45 bits per heavy atom. The fourth-order valence-corrected chi connectivity index (χ4v) is 3.03. The number of carbonyl (C=O) groups is 1. The van der Waals surface area contributed by atoms with Gasteiger partial charge in [-0.3, -0.25) is 9.48 Å². The lowest BCUT2D eigenvalue weighted by atomic mass is 10.1. The Morgan fingerprint density at radius 2 is 2.32 bits per heavy atom. The highest BCUT2D eigenvalue weighted by molar-refractivity contribution is 5.92. The van der Waals surface area contributed by atoms with Gasteiger partial charge < -0.3 is 9.47 Å². The summed E-state index contributed by atoms with van der Waals surface area (Å²) in [5, 5.41) is 12.3. The van der Waals surface area contributed by atoms with Gasteiger partial charge in [0.25, 0.3) is 5.91 Å². The van der Waals surface area contributed by atoms with Crippen molar-refractivity contribution in [3.63, 3.8) is 0 Å². The van der Waals surface area contributed by atoms with E-state index in [2.05, 4.69) is 15.3 Å². The lowest BCUT2D eigenvalue weighted by Gasteiger charge is -2.23. The van der Waals surface area contributed by atoms with E-state index in [1.807, 2.05) is 35.7 Å². The molecule has 3 rings (SSSR count). The summed E-state index contributed by atoms with van der Waals surface area (Å²) in [6.45, 7) is 3.62. The molecule has 0 N–H and O–H groups in total. The molecule has 22 heavy (non-hydrogen) atoms. The van der Waals surface area contributed by atoms with Crippen LogP contribution in [0.2, 0.25) is 0 Å². The fourth-order valence-electron chi connectivity index (χ4n) is 3.03. The second-order valence-corrected chi connectivity index (χ2v) is 5.75. The first kappa shape index (κ1) is 14.7. The second-order valence-electron chi connectivity index (χ2n) is 5.75. The summed E-state index contributed by atoms with van der Waals surface area (Å²) in [7, 11) is 1.95. The van der Waals surface area contributed by atoms with E-state index >= 15 is 0 Å². The van der Waals surface area contributed by atoms with Crippen molar-refractivity contribution in [2.24, 2.45) is 7.05 Å². The molecule has 0 bridgehead atoms. The summed E-state index contributed by atoms with van der Waals surface area (Å²) in [6.07, 6.45) is 7.45. The summed E-state index contributed by atoms with van der Waals surface area (Å²) in [5.41, 5.74) is 0.549. The van der Waals surface area contributed by atoms with Crippen LogP contribution in [0.25, 0.3) is 0 Å². The summed E-state index contributed by atoms with van der Waals surface area (Å²) >= 11 is 0. The third-order valence-corrected chi connectivity index (χ3v) is 4.33. The quantitative estimate of drug-likeness (QED) is 0.834. The van der Waals surface area contributed by atoms with Crippen LogP contribution in [0.5, 0.6) is 0 Å². The highest BCUT2D eigenvalue weighted by Crippen LogP contribution is 2.23. The van der Waals surface area contributed by atoms with Crippen LogP contribution in [-0.2, 0) is 20.0 Å². The van der Waals surface area contributed by atoms with Crippen molar-refractivity contribution in [3.8, 4) is 0 Å². The van der Waals surface area contributed by atoms with Gasteiger partial charge in [0.1, 0.15) is 17.8 Å². The Labute approximate surface area is 129 Å². The average molecular weight is 302 g/mol. The zero-order valence-electron chi connectivity index (χ0n) is 13.1. The van der Waals surface area contributed by atoms with Gasteiger partial charge in [-0.2, -0.15) is 5.10 Å². The van der Waals surface area contributed by atoms with Crippen molar-refractivity contribution in [3.05, 3.63) is 30.1 Å². The number of likely N-dealkylation sites (tertiary alicyclic amines) is 1. The van der Waals surface area contributed by atoms with Crippen molar-refractivity contribution in [1.82, 2.24) is 29.4 Å². The topological polar surface area (TPSA) is 68.8 Å². The van der Waals surface area contributed by atoms with Gasteiger partial charge in [0.15, 0.2) is 0 Å². The Morgan fingerprint density at radius 3 is 3.00 bits per heavy atom. The van der Waals surface area contributed by atoms with Crippen LogP contribution >= 0.6 is 0 Å². The predicted octanol–water partition coefficient (Wildman–Crippen LogP) is 1.27. The summed E-state index contributed by atoms with van der Waals surface area (Å²) in [4.78, 5) is 14.6. The molecule has 0 spiro atoms. The first-order valence-corrected chi connectivity index (χ1v) is 7.86. The Bertz CT molecular complexity index is 646. The van der Waals surface area contributed by atoms with Gasteiger partial charge in [0, 0.05) is 38.8 Å². The van der Waals surface area contributed by atoms with Crippen molar-refractivity contribution in [2.75, 3.05) is 6.54 Å². The van der Waals surface area contributed by atoms with E-state index in [0.717, 1.165) is 44.6 Å². The molecule has 7 nitrogen and oxygen atoms in total. The highest BCUT2D eigenvalue weighted by Gasteiger charge is 2.30. The fraction of sp³-hybridized carbons (Fsp3) is 0.600. The zero-order valence-corrected chi connectivity index (χ0v) is 13.1. The van der Waals surface area contributed by atoms with Crippen LogP contribution in [0.3, 0.4) is 0 Å². The van der Waals surface area contributed by atoms with E-state index in [1.54, 1.807) is 11.0 Å². The molecule has 1 amide bonds. The number of aryl methyl sites for hydroxylation is 3. The normalized spacial score (nSPS) is 18.1. The molecule has 1 aliphatic heterocycles. The molecular weight excluding hydrogens is 280 g/mol. The standard InChI is InChI=1S/C15H22N6O/c1-3-20-10-8-13(18-20)15(22)21-9-4-5-12(21)6-7-14-17-16-11-19(14)2/h8,10-12H,3-7,9H2,1-2H3. The molecule has 1 saturated heterocycles. The van der Waals surface area contributed by atoms with E-state index in [0.29, 0.717) is 5.69 Å². The molecule has 0 radical (unpaired) electrons. The molecule has 3 heterocycles. The molecule has 1 atom stereocenters. The zero-order chi connectivity index (χ0) is 15.5. The van der Waals surface area contributed by atoms with Gasteiger partial charge in [-0.25, -0.2) is 0 Å². The van der Waals surface area contributed by atoms with Crippen molar-refractivity contribution in [2.45, 2.75) is 45.2 Å². The number of carbonyl (C=O) groups excluding carboxylic acids is 1. The third-order valence-electron chi connectivity index (χ3n) is 4.33. The van der Waals surface area contributed by atoms with E-state index in [9.17, 15) is 4.79 Å². The monoisotopic (exact) mass is 302 g/mol. The molecular formula is C15H22N6O. The lowest BCUT2D eigenvalue weighted by Crippen LogP contribution is -2.36. The van der Waals surface area contributed by atoms with Gasteiger partial charge in [-0.05, 0) is 32.3 Å². The van der Waals surface area contributed by atoms with Crippen molar-refractivity contribution < 1.29 is 4.79 Å². The van der Waals surface area contributed by atoms with Crippen LogP contribution in [-0.4, -0.2) is 47.9 Å². The van der Waals surface area contributed by atoms with Crippen molar-refractivity contribution in [1.29, 1.82) is 0 Å². The van der Waals surface area contributed by atoms with Crippen molar-refractivity contribution >= 4 is 5.91 Å². The van der Waals surface area contributed by atoms with Crippen LogP contribution in [0.4, 0.5) is 0 Å². The first-order valence-electron chi connectivity index (χ1n) is 7.86. The molecule has 2 aromatic rings. The van der Waals surface area contributed by atoms with E-state index in [4.69, 9.17) is 0 Å². The molecule has 1 unspecified atom stereocenters. The number of hydrogen-bond donors (Lipinski definition) is 0. The minimum atomic E-state index is 0.0488. The predicted molar refractivity (Wildman–Crippen MR) is 81.3 cm³/mol. The number of hydrogen-bond acceptors (Lipinski definition) is 4. The van der Waals surface area contributed by atoms with Gasteiger partial charge in [0.2, 0.25) is 0 Å². The first-order chi connectivity index (χ1) is 10.7. The number of aromatic nitrogens is 5. The minimum absolute atomic E-state index is 0.0488. The van der Waals surface area contributed by atoms with Crippen LogP contribution in [0.1, 0.15) is 42.5 Å². The number of rotatable bonds is 5. The van der Waals surface area contributed by atoms with Gasteiger partial charge in [0.05, 0.1) is 0 Å². The maximum atomic E-state index is 12.6. The SMILES string of the molecule is CCn1ccc(C(=O)N2CCCC2CCc2nncn2C)n1. The van der Waals surface area contributed by atoms with E-state index in [1.165, 1.54) is 0 Å². The van der Waals surface area contributed by atoms with E-state index < -0.39 is 0 Å². The Balaban J connectivity index is 1.65. The number of nitrogens with zero attached hydrogens (tertiary/aromatic N) is 6. The summed E-state index contributed by atoms with van der Waals surface area (Å²) in [6, 6.07) is 2.08. The maximum Gasteiger partial charge on any atom is 0.274 e. The lowest BCUT2D eigenvalue weighted by molar-refractivity contribution is 0.0723. The largest absolute Gasteiger partial charge is 0.334 e. The van der Waals surface area contributed by atoms with Gasteiger partial charge >= 0.3 is 0 Å².